The number of amides is 1. The number of hydrogen-bond donors (Lipinski definition) is 0. The molecule has 4 rings (SSSR count). The van der Waals surface area contributed by atoms with E-state index < -0.39 is 46.7 Å². The Morgan fingerprint density at radius 1 is 1.06 bits per heavy atom. The lowest BCUT2D eigenvalue weighted by Gasteiger charge is -2.26. The normalized spacial score (nSPS) is 16.3. The van der Waals surface area contributed by atoms with Gasteiger partial charge >= 0.3 is 12.4 Å². The quantitative estimate of drug-likeness (QED) is 0.329. The van der Waals surface area contributed by atoms with Gasteiger partial charge < -0.3 is 4.42 Å². The van der Waals surface area contributed by atoms with Crippen LogP contribution in [0.25, 0.3) is 0 Å². The van der Waals surface area contributed by atoms with Crippen molar-refractivity contribution in [1.29, 1.82) is 0 Å². The van der Waals surface area contributed by atoms with E-state index in [4.69, 9.17) is 4.42 Å². The van der Waals surface area contributed by atoms with Gasteiger partial charge in [0.05, 0.1) is 23.6 Å². The van der Waals surface area contributed by atoms with Gasteiger partial charge in [0.2, 0.25) is 11.8 Å². The van der Waals surface area contributed by atoms with Crippen molar-refractivity contribution in [3.05, 3.63) is 76.3 Å². The van der Waals surface area contributed by atoms with Crippen molar-refractivity contribution >= 4 is 11.6 Å². The first kappa shape index (κ1) is 25.2. The third-order valence-corrected chi connectivity index (χ3v) is 5.62. The summed E-state index contributed by atoms with van der Waals surface area (Å²) >= 11 is 0. The zero-order valence-corrected chi connectivity index (χ0v) is 18.5. The second-order valence-electron chi connectivity index (χ2n) is 8.01. The molecule has 0 spiro atoms. The maximum atomic E-state index is 13.9. The van der Waals surface area contributed by atoms with E-state index in [1.165, 1.54) is 13.0 Å². The predicted octanol–water partition coefficient (Wildman–Crippen LogP) is 5.67. The number of hydrogen-bond acceptors (Lipinski definition) is 4. The van der Waals surface area contributed by atoms with Gasteiger partial charge in [-0.3, -0.25) is 9.69 Å². The van der Waals surface area contributed by atoms with Crippen LogP contribution in [0.5, 0.6) is 0 Å². The van der Waals surface area contributed by atoms with Crippen LogP contribution >= 0.6 is 0 Å². The molecule has 12 heteroatoms. The minimum absolute atomic E-state index is 0.00235. The number of carbonyl (C=O) groups is 1. The van der Waals surface area contributed by atoms with E-state index in [0.717, 1.165) is 17.0 Å². The Balaban J connectivity index is 1.78. The van der Waals surface area contributed by atoms with E-state index in [2.05, 4.69) is 22.0 Å². The van der Waals surface area contributed by atoms with Gasteiger partial charge in [-0.15, -0.1) is 5.10 Å². The van der Waals surface area contributed by atoms with Crippen LogP contribution < -0.4 is 4.90 Å². The summed E-state index contributed by atoms with van der Waals surface area (Å²) in [6.45, 7) is 1.21. The fourth-order valence-corrected chi connectivity index (χ4v) is 4.02. The van der Waals surface area contributed by atoms with Gasteiger partial charge in [0, 0.05) is 12.6 Å². The van der Waals surface area contributed by atoms with Gasteiger partial charge in [-0.2, -0.15) is 26.3 Å². The molecule has 2 heterocycles. The molecule has 0 radical (unpaired) electrons. The molecule has 1 aliphatic rings. The summed E-state index contributed by atoms with van der Waals surface area (Å²) in [6.07, 6.45) is -10.3. The van der Waals surface area contributed by atoms with E-state index in [1.807, 2.05) is 0 Å². The zero-order chi connectivity index (χ0) is 26.3. The molecule has 0 saturated heterocycles. The van der Waals surface area contributed by atoms with Crippen LogP contribution in [0.15, 0.2) is 40.8 Å². The lowest BCUT2D eigenvalue weighted by molar-refractivity contribution is -0.143. The molecular formula is C24H16F7N3O2. The molecule has 0 N–H and O–H groups in total. The SMILES string of the molecule is Cc1nnc(C#CCN2C(=O)C(c3ccc(C(F)(F)F)cc3C(F)(F)F)CCc3cc(F)ccc32)o1. The highest BCUT2D eigenvalue weighted by molar-refractivity contribution is 6.00. The highest BCUT2D eigenvalue weighted by atomic mass is 19.4. The third-order valence-electron chi connectivity index (χ3n) is 5.62. The maximum absolute atomic E-state index is 13.9. The van der Waals surface area contributed by atoms with E-state index >= 15 is 0 Å². The van der Waals surface area contributed by atoms with Crippen LogP contribution in [0.3, 0.4) is 0 Å². The zero-order valence-electron chi connectivity index (χ0n) is 18.5. The van der Waals surface area contributed by atoms with Crippen molar-refractivity contribution in [1.82, 2.24) is 10.2 Å². The molecular weight excluding hydrogens is 495 g/mol. The van der Waals surface area contributed by atoms with E-state index in [9.17, 15) is 35.5 Å². The van der Waals surface area contributed by atoms with Crippen molar-refractivity contribution in [3.8, 4) is 11.8 Å². The minimum atomic E-state index is -5.15. The highest BCUT2D eigenvalue weighted by Gasteiger charge is 2.42. The van der Waals surface area contributed by atoms with Gasteiger partial charge in [0.1, 0.15) is 5.82 Å². The van der Waals surface area contributed by atoms with E-state index in [-0.39, 0.29) is 42.9 Å². The maximum Gasteiger partial charge on any atom is 0.416 e. The van der Waals surface area contributed by atoms with Crippen molar-refractivity contribution in [2.75, 3.05) is 11.4 Å². The van der Waals surface area contributed by atoms with E-state index in [1.54, 1.807) is 0 Å². The van der Waals surface area contributed by atoms with Crippen LogP contribution in [0.4, 0.5) is 36.4 Å². The lowest BCUT2D eigenvalue weighted by atomic mass is 9.88. The molecule has 0 bridgehead atoms. The molecule has 188 valence electrons. The molecule has 0 fully saturated rings. The molecule has 1 atom stereocenters. The van der Waals surface area contributed by atoms with Crippen molar-refractivity contribution in [2.45, 2.75) is 38.0 Å². The van der Waals surface area contributed by atoms with Gasteiger partial charge in [-0.05, 0) is 60.2 Å². The Hall–Kier alpha value is -3.88. The van der Waals surface area contributed by atoms with Gasteiger partial charge in [-0.25, -0.2) is 4.39 Å². The Kier molecular flexibility index (Phi) is 6.51. The predicted molar refractivity (Wildman–Crippen MR) is 112 cm³/mol. The number of aryl methyl sites for hydroxylation is 2. The summed E-state index contributed by atoms with van der Waals surface area (Å²) in [7, 11) is 0. The van der Waals surface area contributed by atoms with Crippen molar-refractivity contribution < 1.29 is 39.9 Å². The number of benzene rings is 2. The van der Waals surface area contributed by atoms with Crippen LogP contribution in [0, 0.1) is 24.6 Å². The standard InChI is InChI=1S/C24H16F7N3O2/c1-13-32-33-21(36-13)3-2-10-34-20-9-6-16(25)11-14(20)4-7-18(22(34)35)17-8-5-15(23(26,27)28)12-19(17)24(29,30)31/h5-6,8-9,11-12,18H,4,7,10H2,1H3. The summed E-state index contributed by atoms with van der Waals surface area (Å²) < 4.78 is 99.9. The summed E-state index contributed by atoms with van der Waals surface area (Å²) in [4.78, 5) is 14.6. The fourth-order valence-electron chi connectivity index (χ4n) is 4.02. The number of anilines is 1. The first-order chi connectivity index (χ1) is 16.8. The van der Waals surface area contributed by atoms with Crippen LogP contribution in [-0.4, -0.2) is 22.6 Å². The molecule has 1 aliphatic heterocycles. The van der Waals surface area contributed by atoms with Crippen LogP contribution in [-0.2, 0) is 23.6 Å². The monoisotopic (exact) mass is 511 g/mol. The number of fused-ring (bicyclic) bond motifs is 1. The molecule has 3 aromatic rings. The third kappa shape index (κ3) is 5.19. The Morgan fingerprint density at radius 3 is 2.44 bits per heavy atom. The fraction of sp³-hybridized carbons (Fsp3) is 0.292. The summed E-state index contributed by atoms with van der Waals surface area (Å²) in [5, 5.41) is 7.30. The Labute approximate surface area is 199 Å². The average molecular weight is 511 g/mol. The molecule has 36 heavy (non-hydrogen) atoms. The van der Waals surface area contributed by atoms with Gasteiger partial charge in [0.15, 0.2) is 0 Å². The molecule has 2 aromatic carbocycles. The minimum Gasteiger partial charge on any atom is -0.415 e. The van der Waals surface area contributed by atoms with Crippen molar-refractivity contribution in [3.63, 3.8) is 0 Å². The smallest absolute Gasteiger partial charge is 0.415 e. The first-order valence-electron chi connectivity index (χ1n) is 10.5. The molecule has 5 nitrogen and oxygen atoms in total. The Bertz CT molecular complexity index is 1370. The van der Waals surface area contributed by atoms with Gasteiger partial charge in [-0.1, -0.05) is 17.1 Å². The van der Waals surface area contributed by atoms with Crippen LogP contribution in [0.2, 0.25) is 0 Å². The number of alkyl halides is 6. The number of halogens is 7. The van der Waals surface area contributed by atoms with Crippen molar-refractivity contribution in [2.24, 2.45) is 0 Å². The molecule has 1 unspecified atom stereocenters. The first-order valence-corrected chi connectivity index (χ1v) is 10.5. The molecule has 0 saturated carbocycles. The summed E-state index contributed by atoms with van der Waals surface area (Å²) in [5.41, 5.74) is -3.05. The second kappa shape index (κ2) is 9.29. The Morgan fingerprint density at radius 2 is 1.81 bits per heavy atom. The number of nitrogens with zero attached hydrogens (tertiary/aromatic N) is 3. The highest BCUT2D eigenvalue weighted by Crippen LogP contribution is 2.42. The topological polar surface area (TPSA) is 59.2 Å². The van der Waals surface area contributed by atoms with E-state index in [0.29, 0.717) is 17.7 Å². The number of carbonyl (C=O) groups excluding carboxylic acids is 1. The van der Waals surface area contributed by atoms with Gasteiger partial charge in [0.25, 0.3) is 5.89 Å². The second-order valence-corrected chi connectivity index (χ2v) is 8.01. The largest absolute Gasteiger partial charge is 0.416 e. The number of aromatic nitrogens is 2. The molecule has 1 aromatic heterocycles. The average Bonchev–Trinajstić information content (AvgIpc) is 3.15. The van der Waals surface area contributed by atoms with Crippen LogP contribution in [0.1, 0.15) is 46.4 Å². The number of rotatable bonds is 2. The molecule has 0 aliphatic carbocycles. The molecule has 1 amide bonds. The summed E-state index contributed by atoms with van der Waals surface area (Å²) in [5.74, 6) is 2.50. The summed E-state index contributed by atoms with van der Waals surface area (Å²) in [6, 6.07) is 4.74. The lowest BCUT2D eigenvalue weighted by Crippen LogP contribution is -2.35.